The van der Waals surface area contributed by atoms with Crippen molar-refractivity contribution in [2.75, 3.05) is 0 Å². The van der Waals surface area contributed by atoms with Crippen LogP contribution in [0.4, 0.5) is 0 Å². The van der Waals surface area contributed by atoms with Gasteiger partial charge in [-0.25, -0.2) is 0 Å². The molecule has 0 fully saturated rings. The molecule has 66 valence electrons. The highest BCUT2D eigenvalue weighted by Gasteiger charge is 2.29. The van der Waals surface area contributed by atoms with Gasteiger partial charge in [0.2, 0.25) is 0 Å². The zero-order chi connectivity index (χ0) is 8.67. The summed E-state index contributed by atoms with van der Waals surface area (Å²) >= 11 is 0. The Bertz CT molecular complexity index is 354. The van der Waals surface area contributed by atoms with Crippen LogP contribution in [0.15, 0.2) is 36.4 Å². The Balaban J connectivity index is 2.00. The number of para-hydroxylation sites is 1. The maximum Gasteiger partial charge on any atom is 0.123 e. The maximum absolute atomic E-state index is 5.87. The summed E-state index contributed by atoms with van der Waals surface area (Å²) in [7, 11) is 0. The summed E-state index contributed by atoms with van der Waals surface area (Å²) in [6.07, 6.45) is 7.13. The molecule has 1 aromatic rings. The zero-order valence-electron chi connectivity index (χ0n) is 7.44. The lowest BCUT2D eigenvalue weighted by atomic mass is 9.92. The van der Waals surface area contributed by atoms with Gasteiger partial charge in [0.15, 0.2) is 0 Å². The monoisotopic (exact) mass is 172 g/mol. The van der Waals surface area contributed by atoms with Crippen molar-refractivity contribution in [2.24, 2.45) is 5.92 Å². The standard InChI is InChI=1S/C12H12O/c1-2-6-11-9(4-1)8-10-5-3-7-12(10)13-11/h1-4,6-7,10,12H,5,8H2. The second-order valence-corrected chi connectivity index (χ2v) is 3.82. The molecule has 2 atom stereocenters. The summed E-state index contributed by atoms with van der Waals surface area (Å²) in [4.78, 5) is 0. The van der Waals surface area contributed by atoms with Crippen LogP contribution < -0.4 is 4.74 Å². The van der Waals surface area contributed by atoms with E-state index in [2.05, 4.69) is 30.4 Å². The number of benzene rings is 1. The number of hydrogen-bond acceptors (Lipinski definition) is 1. The second-order valence-electron chi connectivity index (χ2n) is 3.82. The van der Waals surface area contributed by atoms with Gasteiger partial charge in [0, 0.05) is 5.92 Å². The summed E-state index contributed by atoms with van der Waals surface area (Å²) in [6, 6.07) is 8.37. The van der Waals surface area contributed by atoms with Crippen LogP contribution >= 0.6 is 0 Å². The summed E-state index contributed by atoms with van der Waals surface area (Å²) in [5, 5.41) is 0. The van der Waals surface area contributed by atoms with Crippen molar-refractivity contribution in [1.29, 1.82) is 0 Å². The van der Waals surface area contributed by atoms with Crippen molar-refractivity contribution in [3.05, 3.63) is 42.0 Å². The summed E-state index contributed by atoms with van der Waals surface area (Å²) < 4.78 is 5.87. The zero-order valence-corrected chi connectivity index (χ0v) is 7.44. The number of ether oxygens (including phenoxy) is 1. The van der Waals surface area contributed by atoms with E-state index in [1.807, 2.05) is 6.07 Å². The van der Waals surface area contributed by atoms with Crippen LogP contribution in [0.2, 0.25) is 0 Å². The van der Waals surface area contributed by atoms with E-state index < -0.39 is 0 Å². The molecule has 0 saturated carbocycles. The van der Waals surface area contributed by atoms with Crippen molar-refractivity contribution in [1.82, 2.24) is 0 Å². The third-order valence-corrected chi connectivity index (χ3v) is 2.95. The fourth-order valence-electron chi connectivity index (χ4n) is 2.23. The average Bonchev–Trinajstić information content (AvgIpc) is 2.61. The Morgan fingerprint density at radius 1 is 1.23 bits per heavy atom. The van der Waals surface area contributed by atoms with Gasteiger partial charge in [-0.05, 0) is 30.5 Å². The Labute approximate surface area is 78.0 Å². The fraction of sp³-hybridized carbons (Fsp3) is 0.333. The number of allylic oxidation sites excluding steroid dienone is 1. The molecule has 0 saturated heterocycles. The highest BCUT2D eigenvalue weighted by molar-refractivity contribution is 5.37. The van der Waals surface area contributed by atoms with Crippen molar-refractivity contribution in [3.8, 4) is 5.75 Å². The van der Waals surface area contributed by atoms with Gasteiger partial charge in [-0.1, -0.05) is 24.3 Å². The Morgan fingerprint density at radius 2 is 2.15 bits per heavy atom. The normalized spacial score (nSPS) is 29.2. The minimum absolute atomic E-state index is 0.342. The molecule has 0 amide bonds. The lowest BCUT2D eigenvalue weighted by Crippen LogP contribution is -2.27. The summed E-state index contributed by atoms with van der Waals surface area (Å²) in [5.74, 6) is 1.77. The molecule has 0 aromatic heterocycles. The van der Waals surface area contributed by atoms with Crippen molar-refractivity contribution in [3.63, 3.8) is 0 Å². The molecular formula is C12H12O. The summed E-state index contributed by atoms with van der Waals surface area (Å²) in [5.41, 5.74) is 1.37. The number of hydrogen-bond donors (Lipinski definition) is 0. The molecule has 3 rings (SSSR count). The van der Waals surface area contributed by atoms with Gasteiger partial charge in [0.05, 0.1) is 0 Å². The second kappa shape index (κ2) is 2.63. The van der Waals surface area contributed by atoms with Crippen molar-refractivity contribution < 1.29 is 4.74 Å². The van der Waals surface area contributed by atoms with Gasteiger partial charge in [0.1, 0.15) is 11.9 Å². The predicted molar refractivity (Wildman–Crippen MR) is 51.8 cm³/mol. The number of rotatable bonds is 0. The van der Waals surface area contributed by atoms with Crippen LogP contribution in [-0.4, -0.2) is 6.10 Å². The van der Waals surface area contributed by atoms with Crippen LogP contribution in [0.3, 0.4) is 0 Å². The van der Waals surface area contributed by atoms with Gasteiger partial charge in [-0.15, -0.1) is 0 Å². The Hall–Kier alpha value is -1.24. The largest absolute Gasteiger partial charge is 0.486 e. The minimum Gasteiger partial charge on any atom is -0.486 e. The van der Waals surface area contributed by atoms with E-state index in [9.17, 15) is 0 Å². The number of fused-ring (bicyclic) bond motifs is 2. The average molecular weight is 172 g/mol. The molecule has 2 aliphatic rings. The van der Waals surface area contributed by atoms with Crippen LogP contribution in [0.25, 0.3) is 0 Å². The van der Waals surface area contributed by atoms with Crippen LogP contribution in [-0.2, 0) is 6.42 Å². The van der Waals surface area contributed by atoms with Gasteiger partial charge < -0.3 is 4.74 Å². The molecule has 2 unspecified atom stereocenters. The molecule has 0 spiro atoms. The fourth-order valence-corrected chi connectivity index (χ4v) is 2.23. The van der Waals surface area contributed by atoms with E-state index in [1.54, 1.807) is 0 Å². The van der Waals surface area contributed by atoms with E-state index in [-0.39, 0.29) is 0 Å². The molecule has 0 bridgehead atoms. The molecule has 1 heteroatoms. The molecule has 1 aliphatic carbocycles. The lowest BCUT2D eigenvalue weighted by molar-refractivity contribution is 0.167. The molecular weight excluding hydrogens is 160 g/mol. The first kappa shape index (κ1) is 7.19. The van der Waals surface area contributed by atoms with Crippen LogP contribution in [0, 0.1) is 5.92 Å². The van der Waals surface area contributed by atoms with Gasteiger partial charge in [-0.3, -0.25) is 0 Å². The Kier molecular flexibility index (Phi) is 1.45. The molecule has 0 radical (unpaired) electrons. The first-order valence-electron chi connectivity index (χ1n) is 4.85. The molecule has 1 aliphatic heterocycles. The smallest absolute Gasteiger partial charge is 0.123 e. The van der Waals surface area contributed by atoms with Crippen molar-refractivity contribution in [2.45, 2.75) is 18.9 Å². The molecule has 13 heavy (non-hydrogen) atoms. The highest BCUT2D eigenvalue weighted by atomic mass is 16.5. The SMILES string of the molecule is C1=CC2Oc3ccccc3CC2C1. The Morgan fingerprint density at radius 3 is 3.15 bits per heavy atom. The minimum atomic E-state index is 0.342. The van der Waals surface area contributed by atoms with Gasteiger partial charge in [0.25, 0.3) is 0 Å². The van der Waals surface area contributed by atoms with Crippen LogP contribution in [0.5, 0.6) is 5.75 Å². The highest BCUT2D eigenvalue weighted by Crippen LogP contribution is 2.35. The van der Waals surface area contributed by atoms with E-state index >= 15 is 0 Å². The first-order chi connectivity index (χ1) is 6.43. The third kappa shape index (κ3) is 1.07. The van der Waals surface area contributed by atoms with Gasteiger partial charge >= 0.3 is 0 Å². The van der Waals surface area contributed by atoms with Crippen molar-refractivity contribution >= 4 is 0 Å². The van der Waals surface area contributed by atoms with Gasteiger partial charge in [-0.2, -0.15) is 0 Å². The first-order valence-corrected chi connectivity index (χ1v) is 4.85. The predicted octanol–water partition coefficient (Wildman–Crippen LogP) is 2.57. The third-order valence-electron chi connectivity index (χ3n) is 2.95. The maximum atomic E-state index is 5.87. The topological polar surface area (TPSA) is 9.23 Å². The quantitative estimate of drug-likeness (QED) is 0.546. The van der Waals surface area contributed by atoms with E-state index in [4.69, 9.17) is 4.74 Å². The molecule has 0 N–H and O–H groups in total. The van der Waals surface area contributed by atoms with E-state index in [1.165, 1.54) is 18.4 Å². The summed E-state index contributed by atoms with van der Waals surface area (Å²) in [6.45, 7) is 0. The van der Waals surface area contributed by atoms with E-state index in [0.29, 0.717) is 12.0 Å². The molecule has 1 nitrogen and oxygen atoms in total. The van der Waals surface area contributed by atoms with E-state index in [0.717, 1.165) is 5.75 Å². The molecule has 1 aromatic carbocycles. The van der Waals surface area contributed by atoms with Crippen LogP contribution in [0.1, 0.15) is 12.0 Å². The lowest BCUT2D eigenvalue weighted by Gasteiger charge is -2.28. The molecule has 1 heterocycles.